The molecule has 2 aromatic rings. The monoisotopic (exact) mass is 489 g/mol. The lowest BCUT2D eigenvalue weighted by atomic mass is 10.1. The Labute approximate surface area is 201 Å². The highest BCUT2D eigenvalue weighted by Gasteiger charge is 2.31. The van der Waals surface area contributed by atoms with Gasteiger partial charge in [-0.25, -0.2) is 12.8 Å². The van der Waals surface area contributed by atoms with Crippen LogP contribution in [-0.2, 0) is 26.2 Å². The van der Waals surface area contributed by atoms with Crippen LogP contribution < -0.4 is 9.62 Å². The molecule has 1 fully saturated rings. The predicted molar refractivity (Wildman–Crippen MR) is 130 cm³/mol. The molecule has 9 heteroatoms. The molecule has 0 unspecified atom stereocenters. The number of rotatable bonds is 9. The molecule has 3 rings (SSSR count). The number of amides is 2. The normalized spacial score (nSPS) is 15.1. The van der Waals surface area contributed by atoms with Crippen molar-refractivity contribution in [3.05, 3.63) is 65.5 Å². The van der Waals surface area contributed by atoms with Crippen molar-refractivity contribution in [1.29, 1.82) is 0 Å². The highest BCUT2D eigenvalue weighted by molar-refractivity contribution is 7.92. The van der Waals surface area contributed by atoms with E-state index in [9.17, 15) is 22.4 Å². The molecule has 0 radical (unpaired) electrons. The zero-order valence-corrected chi connectivity index (χ0v) is 20.6. The number of hydrogen-bond acceptors (Lipinski definition) is 4. The van der Waals surface area contributed by atoms with Crippen LogP contribution in [0.15, 0.2) is 48.5 Å². The van der Waals surface area contributed by atoms with E-state index in [4.69, 9.17) is 0 Å². The maximum atomic E-state index is 14.4. The Kier molecular flexibility index (Phi) is 8.30. The van der Waals surface area contributed by atoms with Crippen molar-refractivity contribution in [1.82, 2.24) is 10.2 Å². The van der Waals surface area contributed by atoms with Gasteiger partial charge in [0.05, 0.1) is 11.9 Å². The molecule has 0 bridgehead atoms. The second kappa shape index (κ2) is 11.0. The molecule has 1 atom stereocenters. The van der Waals surface area contributed by atoms with Gasteiger partial charge in [0.1, 0.15) is 18.4 Å². The Balaban J connectivity index is 1.89. The summed E-state index contributed by atoms with van der Waals surface area (Å²) in [6.45, 7) is 2.75. The van der Waals surface area contributed by atoms with E-state index in [0.29, 0.717) is 5.69 Å². The number of hydrogen-bond donors (Lipinski definition) is 1. The van der Waals surface area contributed by atoms with E-state index in [1.807, 2.05) is 13.0 Å². The van der Waals surface area contributed by atoms with Crippen molar-refractivity contribution in [2.75, 3.05) is 17.1 Å². The molecule has 1 aliphatic rings. The second-order valence-corrected chi connectivity index (χ2v) is 10.8. The minimum atomic E-state index is -3.80. The molecule has 7 nitrogen and oxygen atoms in total. The second-order valence-electron chi connectivity index (χ2n) is 8.89. The Bertz CT molecular complexity index is 1130. The summed E-state index contributed by atoms with van der Waals surface area (Å²) >= 11 is 0. The Hall–Kier alpha value is -2.94. The third-order valence-corrected chi connectivity index (χ3v) is 7.28. The number of benzene rings is 2. The highest BCUT2D eigenvalue weighted by Crippen LogP contribution is 2.22. The third kappa shape index (κ3) is 6.56. The van der Waals surface area contributed by atoms with Crippen molar-refractivity contribution in [3.8, 4) is 0 Å². The van der Waals surface area contributed by atoms with Gasteiger partial charge >= 0.3 is 0 Å². The molecule has 2 amide bonds. The number of anilines is 1. The first-order valence-electron chi connectivity index (χ1n) is 11.4. The van der Waals surface area contributed by atoms with Gasteiger partial charge in [-0.3, -0.25) is 13.9 Å². The molecule has 0 aromatic heterocycles. The standard InChI is InChI=1S/C25H32FN3O4S/c1-18-9-8-13-22(15-18)29(34(3,32)33)17-24(30)28(16-20-10-4-7-14-23(20)26)19(2)25(31)27-21-11-5-6-12-21/h4,7-10,13-15,19,21H,5-6,11-12,16-17H2,1-3H3,(H,27,31)/t19-/m1/s1. The average Bonchev–Trinajstić information content (AvgIpc) is 3.28. The minimum absolute atomic E-state index is 0.0557. The van der Waals surface area contributed by atoms with Crippen molar-refractivity contribution in [2.24, 2.45) is 0 Å². The molecule has 0 aliphatic heterocycles. The van der Waals surface area contributed by atoms with Gasteiger partial charge in [-0.2, -0.15) is 0 Å². The van der Waals surface area contributed by atoms with E-state index >= 15 is 0 Å². The lowest BCUT2D eigenvalue weighted by Gasteiger charge is -2.32. The number of halogens is 1. The fraction of sp³-hybridized carbons (Fsp3) is 0.440. The lowest BCUT2D eigenvalue weighted by molar-refractivity contribution is -0.139. The summed E-state index contributed by atoms with van der Waals surface area (Å²) in [4.78, 5) is 27.7. The topological polar surface area (TPSA) is 86.8 Å². The Morgan fingerprint density at radius 1 is 1.12 bits per heavy atom. The smallest absolute Gasteiger partial charge is 0.244 e. The zero-order chi connectivity index (χ0) is 24.9. The zero-order valence-electron chi connectivity index (χ0n) is 19.8. The molecule has 2 aromatic carbocycles. The number of carbonyl (C=O) groups excluding carboxylic acids is 2. The van der Waals surface area contributed by atoms with Crippen LogP contribution in [0.25, 0.3) is 0 Å². The number of nitrogens with one attached hydrogen (secondary N) is 1. The minimum Gasteiger partial charge on any atom is -0.352 e. The van der Waals surface area contributed by atoms with Crippen LogP contribution in [0.1, 0.15) is 43.7 Å². The van der Waals surface area contributed by atoms with Crippen LogP contribution >= 0.6 is 0 Å². The summed E-state index contributed by atoms with van der Waals surface area (Å²) in [6.07, 6.45) is 4.87. The van der Waals surface area contributed by atoms with Crippen LogP contribution in [0, 0.1) is 12.7 Å². The van der Waals surface area contributed by atoms with E-state index in [1.165, 1.54) is 11.0 Å². The first-order valence-corrected chi connectivity index (χ1v) is 13.3. The van der Waals surface area contributed by atoms with Crippen LogP contribution in [0.3, 0.4) is 0 Å². The molecule has 0 saturated heterocycles. The summed E-state index contributed by atoms with van der Waals surface area (Å²) in [5, 5.41) is 2.98. The van der Waals surface area contributed by atoms with Crippen molar-refractivity contribution in [2.45, 2.75) is 58.2 Å². The van der Waals surface area contributed by atoms with Gasteiger partial charge in [-0.05, 0) is 50.5 Å². The molecule has 1 saturated carbocycles. The molecule has 1 N–H and O–H groups in total. The first-order chi connectivity index (χ1) is 16.1. The third-order valence-electron chi connectivity index (χ3n) is 6.14. The fourth-order valence-electron chi connectivity index (χ4n) is 4.18. The van der Waals surface area contributed by atoms with E-state index in [2.05, 4.69) is 5.32 Å². The first kappa shape index (κ1) is 25.7. The fourth-order valence-corrected chi connectivity index (χ4v) is 5.02. The van der Waals surface area contributed by atoms with E-state index in [1.54, 1.807) is 43.3 Å². The van der Waals surface area contributed by atoms with Crippen LogP contribution in [-0.4, -0.2) is 50.0 Å². The quantitative estimate of drug-likeness (QED) is 0.585. The van der Waals surface area contributed by atoms with E-state index in [-0.39, 0.29) is 24.1 Å². The lowest BCUT2D eigenvalue weighted by Crippen LogP contribution is -2.52. The van der Waals surface area contributed by atoms with Crippen LogP contribution in [0.5, 0.6) is 0 Å². The average molecular weight is 490 g/mol. The molecule has 0 heterocycles. The number of nitrogens with zero attached hydrogens (tertiary/aromatic N) is 2. The summed E-state index contributed by atoms with van der Waals surface area (Å²) in [6, 6.07) is 12.0. The maximum absolute atomic E-state index is 14.4. The Morgan fingerprint density at radius 3 is 2.41 bits per heavy atom. The molecular weight excluding hydrogens is 457 g/mol. The van der Waals surface area contributed by atoms with E-state index in [0.717, 1.165) is 41.8 Å². The molecule has 184 valence electrons. The van der Waals surface area contributed by atoms with Gasteiger partial charge in [0, 0.05) is 18.2 Å². The SMILES string of the molecule is Cc1cccc(N(CC(=O)N(Cc2ccccc2F)[C@H](C)C(=O)NC2CCCC2)S(C)(=O)=O)c1. The maximum Gasteiger partial charge on any atom is 0.244 e. The van der Waals surface area contributed by atoms with Gasteiger partial charge in [-0.15, -0.1) is 0 Å². The van der Waals surface area contributed by atoms with Crippen LogP contribution in [0.4, 0.5) is 10.1 Å². The Morgan fingerprint density at radius 2 is 1.79 bits per heavy atom. The highest BCUT2D eigenvalue weighted by atomic mass is 32.2. The number of carbonyl (C=O) groups is 2. The van der Waals surface area contributed by atoms with Crippen molar-refractivity contribution in [3.63, 3.8) is 0 Å². The van der Waals surface area contributed by atoms with Gasteiger partial charge in [0.2, 0.25) is 21.8 Å². The summed E-state index contributed by atoms with van der Waals surface area (Å²) in [5.74, 6) is -1.43. The number of aryl methyl sites for hydroxylation is 1. The number of sulfonamides is 1. The van der Waals surface area contributed by atoms with Crippen molar-refractivity contribution >= 4 is 27.5 Å². The largest absolute Gasteiger partial charge is 0.352 e. The van der Waals surface area contributed by atoms with Gasteiger partial charge in [-0.1, -0.05) is 43.2 Å². The molecule has 1 aliphatic carbocycles. The van der Waals surface area contributed by atoms with Gasteiger partial charge in [0.15, 0.2) is 0 Å². The predicted octanol–water partition coefficient (Wildman–Crippen LogP) is 3.38. The molecule has 0 spiro atoms. The summed E-state index contributed by atoms with van der Waals surface area (Å²) < 4.78 is 40.6. The van der Waals surface area contributed by atoms with Gasteiger partial charge in [0.25, 0.3) is 0 Å². The van der Waals surface area contributed by atoms with Gasteiger partial charge < -0.3 is 10.2 Å². The molecule has 34 heavy (non-hydrogen) atoms. The summed E-state index contributed by atoms with van der Waals surface area (Å²) in [7, 11) is -3.80. The van der Waals surface area contributed by atoms with E-state index < -0.39 is 34.3 Å². The van der Waals surface area contributed by atoms with Crippen molar-refractivity contribution < 1.29 is 22.4 Å². The summed E-state index contributed by atoms with van der Waals surface area (Å²) in [5.41, 5.74) is 1.44. The van der Waals surface area contributed by atoms with Crippen LogP contribution in [0.2, 0.25) is 0 Å². The molecular formula is C25H32FN3O4S.